The predicted molar refractivity (Wildman–Crippen MR) is 63.7 cm³/mol. The van der Waals surface area contributed by atoms with E-state index < -0.39 is 11.5 Å². The molecule has 4 heteroatoms. The summed E-state index contributed by atoms with van der Waals surface area (Å²) in [6.45, 7) is 1.61. The van der Waals surface area contributed by atoms with Gasteiger partial charge >= 0.3 is 5.97 Å². The van der Waals surface area contributed by atoms with E-state index in [4.69, 9.17) is 5.11 Å². The molecule has 4 nitrogen and oxygen atoms in total. The third-order valence-corrected chi connectivity index (χ3v) is 2.55. The third-order valence-electron chi connectivity index (χ3n) is 2.55. The summed E-state index contributed by atoms with van der Waals surface area (Å²) in [5.74, 6) is -1.20. The SMILES string of the molecule is Cc1ccn(-c2ccccc2)c(=O)c1C(=O)O. The van der Waals surface area contributed by atoms with Gasteiger partial charge in [-0.05, 0) is 30.7 Å². The number of benzene rings is 1. The fourth-order valence-electron chi connectivity index (χ4n) is 1.68. The van der Waals surface area contributed by atoms with Crippen molar-refractivity contribution in [2.75, 3.05) is 0 Å². The highest BCUT2D eigenvalue weighted by molar-refractivity contribution is 5.88. The van der Waals surface area contributed by atoms with Crippen molar-refractivity contribution in [3.63, 3.8) is 0 Å². The first kappa shape index (κ1) is 11.1. The average molecular weight is 229 g/mol. The molecule has 0 saturated heterocycles. The van der Waals surface area contributed by atoms with Crippen LogP contribution < -0.4 is 5.56 Å². The fourth-order valence-corrected chi connectivity index (χ4v) is 1.68. The molecule has 0 bridgehead atoms. The molecule has 1 aromatic heterocycles. The number of aryl methyl sites for hydroxylation is 1. The van der Waals surface area contributed by atoms with Gasteiger partial charge in [0, 0.05) is 11.9 Å². The molecule has 0 aliphatic rings. The lowest BCUT2D eigenvalue weighted by atomic mass is 10.1. The molecule has 0 spiro atoms. The van der Waals surface area contributed by atoms with Gasteiger partial charge in [-0.1, -0.05) is 18.2 Å². The van der Waals surface area contributed by atoms with Crippen LogP contribution in [0.25, 0.3) is 5.69 Å². The number of para-hydroxylation sites is 1. The maximum absolute atomic E-state index is 12.0. The molecular weight excluding hydrogens is 218 g/mol. The minimum atomic E-state index is -1.20. The van der Waals surface area contributed by atoms with Gasteiger partial charge in [-0.3, -0.25) is 9.36 Å². The highest BCUT2D eigenvalue weighted by atomic mass is 16.4. The van der Waals surface area contributed by atoms with Crippen molar-refractivity contribution in [3.05, 3.63) is 64.1 Å². The quantitative estimate of drug-likeness (QED) is 0.854. The van der Waals surface area contributed by atoms with E-state index in [1.54, 1.807) is 43.5 Å². The number of carbonyl (C=O) groups is 1. The Balaban J connectivity index is 2.71. The summed E-state index contributed by atoms with van der Waals surface area (Å²) in [6, 6.07) is 10.5. The van der Waals surface area contributed by atoms with E-state index in [9.17, 15) is 9.59 Å². The zero-order valence-corrected chi connectivity index (χ0v) is 9.25. The molecule has 0 radical (unpaired) electrons. The van der Waals surface area contributed by atoms with Crippen molar-refractivity contribution < 1.29 is 9.90 Å². The Morgan fingerprint density at radius 1 is 1.18 bits per heavy atom. The van der Waals surface area contributed by atoms with Crippen molar-refractivity contribution in [2.45, 2.75) is 6.92 Å². The molecule has 2 aromatic rings. The second-order valence-electron chi connectivity index (χ2n) is 3.69. The molecule has 0 aliphatic heterocycles. The molecule has 0 saturated carbocycles. The first-order valence-corrected chi connectivity index (χ1v) is 5.12. The Hall–Kier alpha value is -2.36. The summed E-state index contributed by atoms with van der Waals surface area (Å²) in [7, 11) is 0. The Morgan fingerprint density at radius 2 is 1.82 bits per heavy atom. The van der Waals surface area contributed by atoms with Crippen LogP contribution in [-0.2, 0) is 0 Å². The molecule has 0 aliphatic carbocycles. The van der Waals surface area contributed by atoms with Crippen LogP contribution in [0.5, 0.6) is 0 Å². The first-order valence-electron chi connectivity index (χ1n) is 5.12. The monoisotopic (exact) mass is 229 g/mol. The van der Waals surface area contributed by atoms with Crippen LogP contribution in [0.4, 0.5) is 0 Å². The summed E-state index contributed by atoms with van der Waals surface area (Å²) in [5.41, 5.74) is 0.426. The summed E-state index contributed by atoms with van der Waals surface area (Å²) < 4.78 is 1.33. The number of hydrogen-bond donors (Lipinski definition) is 1. The van der Waals surface area contributed by atoms with E-state index in [1.165, 1.54) is 4.57 Å². The van der Waals surface area contributed by atoms with E-state index >= 15 is 0 Å². The molecular formula is C13H11NO3. The van der Waals surface area contributed by atoms with Crippen molar-refractivity contribution in [1.29, 1.82) is 0 Å². The number of pyridine rings is 1. The zero-order chi connectivity index (χ0) is 12.4. The lowest BCUT2D eigenvalue weighted by molar-refractivity contribution is 0.0694. The molecule has 2 rings (SSSR count). The van der Waals surface area contributed by atoms with Crippen molar-refractivity contribution in [2.24, 2.45) is 0 Å². The van der Waals surface area contributed by atoms with Crippen LogP contribution in [0.2, 0.25) is 0 Å². The lowest BCUT2D eigenvalue weighted by Gasteiger charge is -2.08. The molecule has 1 aromatic carbocycles. The van der Waals surface area contributed by atoms with E-state index in [1.807, 2.05) is 6.07 Å². The Kier molecular flexibility index (Phi) is 2.78. The van der Waals surface area contributed by atoms with E-state index in [-0.39, 0.29) is 5.56 Å². The maximum Gasteiger partial charge on any atom is 0.341 e. The summed E-state index contributed by atoms with van der Waals surface area (Å²) >= 11 is 0. The number of aromatic carboxylic acids is 1. The third kappa shape index (κ3) is 1.97. The number of rotatable bonds is 2. The summed E-state index contributed by atoms with van der Waals surface area (Å²) in [4.78, 5) is 23.0. The zero-order valence-electron chi connectivity index (χ0n) is 9.25. The Labute approximate surface area is 97.8 Å². The highest BCUT2D eigenvalue weighted by Gasteiger charge is 2.14. The number of carboxylic acids is 1. The van der Waals surface area contributed by atoms with Crippen LogP contribution in [0, 0.1) is 6.92 Å². The second kappa shape index (κ2) is 4.25. The van der Waals surface area contributed by atoms with Gasteiger partial charge in [0.05, 0.1) is 0 Å². The normalized spacial score (nSPS) is 10.2. The highest BCUT2D eigenvalue weighted by Crippen LogP contribution is 2.07. The van der Waals surface area contributed by atoms with Crippen molar-refractivity contribution >= 4 is 5.97 Å². The molecule has 1 N–H and O–H groups in total. The fraction of sp³-hybridized carbons (Fsp3) is 0.0769. The molecule has 1 heterocycles. The summed E-state index contributed by atoms with van der Waals surface area (Å²) in [5, 5.41) is 9.00. The second-order valence-corrected chi connectivity index (χ2v) is 3.69. The molecule has 0 fully saturated rings. The van der Waals surface area contributed by atoms with Gasteiger partial charge in [0.2, 0.25) is 0 Å². The van der Waals surface area contributed by atoms with Gasteiger partial charge < -0.3 is 5.11 Å². The van der Waals surface area contributed by atoms with Gasteiger partial charge in [0.25, 0.3) is 5.56 Å². The van der Waals surface area contributed by atoms with Crippen LogP contribution in [0.3, 0.4) is 0 Å². The Morgan fingerprint density at radius 3 is 2.41 bits per heavy atom. The average Bonchev–Trinajstić information content (AvgIpc) is 2.30. The smallest absolute Gasteiger partial charge is 0.341 e. The topological polar surface area (TPSA) is 59.3 Å². The largest absolute Gasteiger partial charge is 0.477 e. The molecule has 0 unspecified atom stereocenters. The first-order chi connectivity index (χ1) is 8.11. The van der Waals surface area contributed by atoms with Crippen molar-refractivity contribution in [3.8, 4) is 5.69 Å². The van der Waals surface area contributed by atoms with Gasteiger partial charge in [-0.2, -0.15) is 0 Å². The van der Waals surface area contributed by atoms with E-state index in [2.05, 4.69) is 0 Å². The Bertz CT molecular complexity index is 614. The van der Waals surface area contributed by atoms with Crippen LogP contribution in [0.1, 0.15) is 15.9 Å². The van der Waals surface area contributed by atoms with Crippen LogP contribution in [-0.4, -0.2) is 15.6 Å². The number of carboxylic acid groups (broad SMARTS) is 1. The van der Waals surface area contributed by atoms with Gasteiger partial charge in [0.15, 0.2) is 0 Å². The molecule has 0 amide bonds. The van der Waals surface area contributed by atoms with E-state index in [0.29, 0.717) is 11.3 Å². The van der Waals surface area contributed by atoms with Gasteiger partial charge in [-0.15, -0.1) is 0 Å². The maximum atomic E-state index is 12.0. The van der Waals surface area contributed by atoms with Crippen LogP contribution >= 0.6 is 0 Å². The summed E-state index contributed by atoms with van der Waals surface area (Å²) in [6.07, 6.45) is 1.58. The lowest BCUT2D eigenvalue weighted by Crippen LogP contribution is -2.25. The standard InChI is InChI=1S/C13H11NO3/c1-9-7-8-14(10-5-3-2-4-6-10)12(15)11(9)13(16)17/h2-8H,1H3,(H,16,17). The minimum Gasteiger partial charge on any atom is -0.477 e. The molecule has 86 valence electrons. The number of nitrogens with zero attached hydrogens (tertiary/aromatic N) is 1. The molecule has 17 heavy (non-hydrogen) atoms. The van der Waals surface area contributed by atoms with Gasteiger partial charge in [0.1, 0.15) is 5.56 Å². The van der Waals surface area contributed by atoms with Crippen molar-refractivity contribution in [1.82, 2.24) is 4.57 Å². The predicted octanol–water partition coefficient (Wildman–Crippen LogP) is 1.84. The van der Waals surface area contributed by atoms with E-state index in [0.717, 1.165) is 0 Å². The van der Waals surface area contributed by atoms with Gasteiger partial charge in [-0.25, -0.2) is 4.79 Å². The van der Waals surface area contributed by atoms with Crippen LogP contribution in [0.15, 0.2) is 47.4 Å². The molecule has 0 atom stereocenters. The number of aromatic nitrogens is 1. The number of hydrogen-bond acceptors (Lipinski definition) is 2. The minimum absolute atomic E-state index is 0.184.